The van der Waals surface area contributed by atoms with Crippen LogP contribution in [0, 0.1) is 0 Å². The number of hydrogen-bond donors (Lipinski definition) is 0. The summed E-state index contributed by atoms with van der Waals surface area (Å²) in [6, 6.07) is 6.19. The van der Waals surface area contributed by atoms with Crippen molar-refractivity contribution in [1.29, 1.82) is 0 Å². The lowest BCUT2D eigenvalue weighted by Crippen LogP contribution is -2.42. The molecule has 1 amide bonds. The SMILES string of the molecule is CN1C(=O)C2(CCOCC2)c2ccc(B3OC(C)(C)C(C)(C)O3)cc21. The summed E-state index contributed by atoms with van der Waals surface area (Å²) in [5, 5.41) is 0. The molecule has 2 fully saturated rings. The maximum absolute atomic E-state index is 13.0. The Kier molecular flexibility index (Phi) is 3.63. The van der Waals surface area contributed by atoms with Gasteiger partial charge in [0.15, 0.2) is 0 Å². The fraction of sp³-hybridized carbons (Fsp3) is 0.632. The fourth-order valence-electron chi connectivity index (χ4n) is 4.11. The number of amides is 1. The second-order valence-corrected chi connectivity index (χ2v) is 8.42. The number of anilines is 1. The molecule has 1 aromatic carbocycles. The van der Waals surface area contributed by atoms with Crippen LogP contribution in [-0.2, 0) is 24.3 Å². The van der Waals surface area contributed by atoms with Gasteiger partial charge in [0.2, 0.25) is 5.91 Å². The molecule has 3 aliphatic rings. The number of fused-ring (bicyclic) bond motifs is 2. The predicted octanol–water partition coefficient (Wildman–Crippen LogP) is 2.01. The second kappa shape index (κ2) is 5.32. The van der Waals surface area contributed by atoms with E-state index in [-0.39, 0.29) is 17.1 Å². The van der Waals surface area contributed by atoms with Gasteiger partial charge in [-0.1, -0.05) is 12.1 Å². The fourth-order valence-corrected chi connectivity index (χ4v) is 4.11. The molecule has 3 aliphatic heterocycles. The van der Waals surface area contributed by atoms with Crippen LogP contribution in [0.4, 0.5) is 5.69 Å². The Morgan fingerprint density at radius 3 is 2.24 bits per heavy atom. The maximum atomic E-state index is 13.0. The molecule has 5 nitrogen and oxygen atoms in total. The molecule has 134 valence electrons. The van der Waals surface area contributed by atoms with Crippen LogP contribution in [0.15, 0.2) is 18.2 Å². The van der Waals surface area contributed by atoms with E-state index in [1.807, 2.05) is 40.8 Å². The summed E-state index contributed by atoms with van der Waals surface area (Å²) in [6.07, 6.45) is 1.50. The highest BCUT2D eigenvalue weighted by Crippen LogP contribution is 2.47. The molecule has 6 heteroatoms. The van der Waals surface area contributed by atoms with Crippen LogP contribution in [0.1, 0.15) is 46.1 Å². The zero-order chi connectivity index (χ0) is 18.0. The van der Waals surface area contributed by atoms with Gasteiger partial charge in [0.05, 0.1) is 16.6 Å². The van der Waals surface area contributed by atoms with Gasteiger partial charge < -0.3 is 18.9 Å². The van der Waals surface area contributed by atoms with Crippen molar-refractivity contribution in [2.24, 2.45) is 0 Å². The van der Waals surface area contributed by atoms with E-state index in [0.29, 0.717) is 13.2 Å². The van der Waals surface area contributed by atoms with Crippen LogP contribution in [-0.4, -0.2) is 44.5 Å². The van der Waals surface area contributed by atoms with Crippen LogP contribution >= 0.6 is 0 Å². The van der Waals surface area contributed by atoms with Gasteiger partial charge in [0.1, 0.15) is 0 Å². The van der Waals surface area contributed by atoms with Crippen LogP contribution in [0.5, 0.6) is 0 Å². The minimum atomic E-state index is -0.420. The second-order valence-electron chi connectivity index (χ2n) is 8.42. The lowest BCUT2D eigenvalue weighted by atomic mass is 9.73. The molecule has 4 rings (SSSR count). The summed E-state index contributed by atoms with van der Waals surface area (Å²) in [6.45, 7) is 9.47. The van der Waals surface area contributed by atoms with Crippen LogP contribution in [0.3, 0.4) is 0 Å². The molecular formula is C19H26BNO4. The lowest BCUT2D eigenvalue weighted by Gasteiger charge is -2.32. The normalized spacial score (nSPS) is 26.4. The molecule has 3 heterocycles. The first-order valence-electron chi connectivity index (χ1n) is 9.04. The van der Waals surface area contributed by atoms with Gasteiger partial charge in [-0.25, -0.2) is 0 Å². The molecular weight excluding hydrogens is 317 g/mol. The number of rotatable bonds is 1. The molecule has 0 unspecified atom stereocenters. The van der Waals surface area contributed by atoms with Crippen LogP contribution < -0.4 is 10.4 Å². The average molecular weight is 343 g/mol. The van der Waals surface area contributed by atoms with Crippen LogP contribution in [0.25, 0.3) is 0 Å². The van der Waals surface area contributed by atoms with E-state index in [4.69, 9.17) is 14.0 Å². The number of carbonyl (C=O) groups is 1. The highest BCUT2D eigenvalue weighted by molar-refractivity contribution is 6.62. The summed E-state index contributed by atoms with van der Waals surface area (Å²) in [7, 11) is 1.45. The van der Waals surface area contributed by atoms with Gasteiger partial charge in [-0.2, -0.15) is 0 Å². The molecule has 0 atom stereocenters. The third-order valence-electron chi connectivity index (χ3n) is 6.48. The summed E-state index contributed by atoms with van der Waals surface area (Å²) < 4.78 is 17.8. The van der Waals surface area contributed by atoms with E-state index in [1.54, 1.807) is 4.90 Å². The molecule has 1 aromatic rings. The third-order valence-corrected chi connectivity index (χ3v) is 6.48. The summed E-state index contributed by atoms with van der Waals surface area (Å²) in [5.74, 6) is 0.178. The molecule has 1 spiro atoms. The molecule has 25 heavy (non-hydrogen) atoms. The lowest BCUT2D eigenvalue weighted by molar-refractivity contribution is -0.126. The standard InChI is InChI=1S/C19H26BNO4/c1-17(2)18(3,4)25-20(24-17)13-6-7-14-15(12-13)21(5)16(22)19(14)8-10-23-11-9-19/h6-7,12H,8-11H2,1-5H3. The van der Waals surface area contributed by atoms with E-state index < -0.39 is 12.5 Å². The van der Waals surface area contributed by atoms with Gasteiger partial charge in [-0.3, -0.25) is 4.79 Å². The van der Waals surface area contributed by atoms with E-state index in [2.05, 4.69) is 12.1 Å². The summed E-state index contributed by atoms with van der Waals surface area (Å²) in [5.41, 5.74) is 1.88. The minimum absolute atomic E-state index is 0.178. The van der Waals surface area contributed by atoms with Gasteiger partial charge in [0.25, 0.3) is 0 Å². The number of hydrogen-bond acceptors (Lipinski definition) is 4. The number of likely N-dealkylation sites (N-methyl/N-ethyl adjacent to an activating group) is 1. The molecule has 0 saturated carbocycles. The molecule has 2 saturated heterocycles. The molecule has 0 aromatic heterocycles. The van der Waals surface area contributed by atoms with Crippen molar-refractivity contribution in [2.75, 3.05) is 25.2 Å². The largest absolute Gasteiger partial charge is 0.494 e. The molecule has 0 bridgehead atoms. The quantitative estimate of drug-likeness (QED) is 0.732. The Morgan fingerprint density at radius 1 is 1.04 bits per heavy atom. The Bertz CT molecular complexity index is 708. The first kappa shape index (κ1) is 17.1. The van der Waals surface area contributed by atoms with Gasteiger partial charge in [0, 0.05) is 25.9 Å². The number of carbonyl (C=O) groups excluding carboxylic acids is 1. The first-order chi connectivity index (χ1) is 11.7. The molecule has 0 radical (unpaired) electrons. The van der Waals surface area contributed by atoms with Gasteiger partial charge in [-0.05, 0) is 57.6 Å². The highest BCUT2D eigenvalue weighted by atomic mass is 16.7. The summed E-state index contributed by atoms with van der Waals surface area (Å²) in [4.78, 5) is 14.8. The van der Waals surface area contributed by atoms with Crippen molar-refractivity contribution in [3.8, 4) is 0 Å². The number of ether oxygens (including phenoxy) is 1. The number of nitrogens with zero attached hydrogens (tertiary/aromatic N) is 1. The molecule has 0 aliphatic carbocycles. The van der Waals surface area contributed by atoms with Crippen molar-refractivity contribution >= 4 is 24.2 Å². The smallest absolute Gasteiger partial charge is 0.399 e. The van der Waals surface area contributed by atoms with Crippen molar-refractivity contribution in [1.82, 2.24) is 0 Å². The van der Waals surface area contributed by atoms with E-state index >= 15 is 0 Å². The van der Waals surface area contributed by atoms with Crippen molar-refractivity contribution in [2.45, 2.75) is 57.2 Å². The molecule has 0 N–H and O–H groups in total. The monoisotopic (exact) mass is 343 g/mol. The van der Waals surface area contributed by atoms with Crippen molar-refractivity contribution < 1.29 is 18.8 Å². The maximum Gasteiger partial charge on any atom is 0.494 e. The topological polar surface area (TPSA) is 48.0 Å². The third kappa shape index (κ3) is 2.31. The van der Waals surface area contributed by atoms with E-state index in [9.17, 15) is 4.79 Å². The first-order valence-corrected chi connectivity index (χ1v) is 9.04. The van der Waals surface area contributed by atoms with E-state index in [0.717, 1.165) is 29.6 Å². The van der Waals surface area contributed by atoms with Crippen LogP contribution in [0.2, 0.25) is 0 Å². The Labute approximate surface area is 149 Å². The predicted molar refractivity (Wildman–Crippen MR) is 97.3 cm³/mol. The summed E-state index contributed by atoms with van der Waals surface area (Å²) >= 11 is 0. The average Bonchev–Trinajstić information content (AvgIpc) is 2.91. The Morgan fingerprint density at radius 2 is 1.64 bits per heavy atom. The van der Waals surface area contributed by atoms with Gasteiger partial charge in [-0.15, -0.1) is 0 Å². The Hall–Kier alpha value is -1.37. The Balaban J connectivity index is 1.71. The zero-order valence-electron chi connectivity index (χ0n) is 15.7. The van der Waals surface area contributed by atoms with E-state index in [1.165, 1.54) is 0 Å². The van der Waals surface area contributed by atoms with Crippen molar-refractivity contribution in [3.05, 3.63) is 23.8 Å². The zero-order valence-corrected chi connectivity index (χ0v) is 15.7. The minimum Gasteiger partial charge on any atom is -0.399 e. The number of benzene rings is 1. The van der Waals surface area contributed by atoms with Crippen molar-refractivity contribution in [3.63, 3.8) is 0 Å². The highest BCUT2D eigenvalue weighted by Gasteiger charge is 2.53. The van der Waals surface area contributed by atoms with Gasteiger partial charge >= 0.3 is 7.12 Å².